The number of nitrogens with one attached hydrogen (secondary N) is 1. The minimum atomic E-state index is -3.86. The highest BCUT2D eigenvalue weighted by Gasteiger charge is 2.22. The van der Waals surface area contributed by atoms with Crippen molar-refractivity contribution >= 4 is 15.7 Å². The molecule has 0 heterocycles. The third-order valence-electron chi connectivity index (χ3n) is 3.91. The molecule has 1 atom stereocenters. The van der Waals surface area contributed by atoms with E-state index in [1.807, 2.05) is 32.0 Å². The number of nitro benzene ring substituents is 1. The van der Waals surface area contributed by atoms with E-state index in [1.54, 1.807) is 13.8 Å². The van der Waals surface area contributed by atoms with Crippen LogP contribution in [-0.4, -0.2) is 13.3 Å². The topological polar surface area (TPSA) is 89.3 Å². The lowest BCUT2D eigenvalue weighted by Gasteiger charge is -2.17. The van der Waals surface area contributed by atoms with E-state index in [9.17, 15) is 18.5 Å². The van der Waals surface area contributed by atoms with Crippen molar-refractivity contribution < 1.29 is 13.3 Å². The molecule has 0 fully saturated rings. The number of hydrogen-bond acceptors (Lipinski definition) is 4. The number of rotatable bonds is 5. The van der Waals surface area contributed by atoms with Crippen LogP contribution in [-0.2, 0) is 10.0 Å². The second-order valence-corrected chi connectivity index (χ2v) is 7.62. The molecule has 6 nitrogen and oxygen atoms in total. The van der Waals surface area contributed by atoms with Crippen molar-refractivity contribution in [3.63, 3.8) is 0 Å². The molecule has 0 radical (unpaired) electrons. The number of nitro groups is 1. The van der Waals surface area contributed by atoms with Crippen molar-refractivity contribution in [2.45, 2.75) is 38.6 Å². The van der Waals surface area contributed by atoms with Crippen molar-refractivity contribution in [3.8, 4) is 0 Å². The largest absolute Gasteiger partial charge is 0.273 e. The van der Waals surface area contributed by atoms with E-state index in [2.05, 4.69) is 4.72 Å². The zero-order valence-electron chi connectivity index (χ0n) is 14.0. The Bertz CT molecular complexity index is 891. The summed E-state index contributed by atoms with van der Waals surface area (Å²) in [6.45, 7) is 7.21. The first-order chi connectivity index (χ1) is 11.1. The van der Waals surface area contributed by atoms with E-state index < -0.39 is 21.0 Å². The SMILES string of the molecule is Cc1ccc([C@H](C)NS(=O)(=O)c2ccc(C)c([N+](=O)[O-])c2)c(C)c1. The van der Waals surface area contributed by atoms with Gasteiger partial charge < -0.3 is 0 Å². The molecule has 1 N–H and O–H groups in total. The van der Waals surface area contributed by atoms with E-state index in [-0.39, 0.29) is 10.6 Å². The van der Waals surface area contributed by atoms with E-state index >= 15 is 0 Å². The van der Waals surface area contributed by atoms with Crippen LogP contribution in [0.25, 0.3) is 0 Å². The molecule has 0 amide bonds. The van der Waals surface area contributed by atoms with Crippen LogP contribution in [0, 0.1) is 30.9 Å². The van der Waals surface area contributed by atoms with Gasteiger partial charge in [0.1, 0.15) is 0 Å². The Labute approximate surface area is 141 Å². The Morgan fingerprint density at radius 3 is 2.29 bits per heavy atom. The summed E-state index contributed by atoms with van der Waals surface area (Å²) in [5.41, 5.74) is 3.16. The van der Waals surface area contributed by atoms with E-state index in [4.69, 9.17) is 0 Å². The van der Waals surface area contributed by atoms with Gasteiger partial charge in [0, 0.05) is 17.7 Å². The molecule has 0 aromatic heterocycles. The van der Waals surface area contributed by atoms with Gasteiger partial charge in [0.2, 0.25) is 10.0 Å². The Morgan fingerprint density at radius 2 is 1.71 bits per heavy atom. The van der Waals surface area contributed by atoms with Crippen LogP contribution in [0.15, 0.2) is 41.3 Å². The fraction of sp³-hybridized carbons (Fsp3) is 0.294. The Morgan fingerprint density at radius 1 is 1.04 bits per heavy atom. The number of hydrogen-bond donors (Lipinski definition) is 1. The second-order valence-electron chi connectivity index (χ2n) is 5.91. The fourth-order valence-corrected chi connectivity index (χ4v) is 3.87. The van der Waals surface area contributed by atoms with Gasteiger partial charge >= 0.3 is 0 Å². The summed E-state index contributed by atoms with van der Waals surface area (Å²) < 4.78 is 27.7. The molecule has 0 aliphatic heterocycles. The summed E-state index contributed by atoms with van der Waals surface area (Å²) in [7, 11) is -3.86. The summed E-state index contributed by atoms with van der Waals surface area (Å²) in [4.78, 5) is 10.3. The van der Waals surface area contributed by atoms with E-state index in [1.165, 1.54) is 12.1 Å². The highest BCUT2D eigenvalue weighted by Crippen LogP contribution is 2.25. The van der Waals surface area contributed by atoms with Crippen LogP contribution in [0.3, 0.4) is 0 Å². The lowest BCUT2D eigenvalue weighted by molar-refractivity contribution is -0.385. The molecule has 0 spiro atoms. The van der Waals surface area contributed by atoms with Crippen molar-refractivity contribution in [2.24, 2.45) is 0 Å². The fourth-order valence-electron chi connectivity index (χ4n) is 2.63. The smallest absolute Gasteiger partial charge is 0.258 e. The maximum atomic E-state index is 12.5. The maximum absolute atomic E-state index is 12.5. The van der Waals surface area contributed by atoms with Crippen molar-refractivity contribution in [1.29, 1.82) is 0 Å². The van der Waals surface area contributed by atoms with Gasteiger partial charge in [-0.1, -0.05) is 29.8 Å². The van der Waals surface area contributed by atoms with Gasteiger partial charge in [-0.25, -0.2) is 13.1 Å². The van der Waals surface area contributed by atoms with Crippen molar-refractivity contribution in [2.75, 3.05) is 0 Å². The molecule has 2 aromatic rings. The zero-order chi connectivity index (χ0) is 18.1. The van der Waals surface area contributed by atoms with Crippen LogP contribution < -0.4 is 4.72 Å². The van der Waals surface area contributed by atoms with Gasteiger partial charge in [-0.3, -0.25) is 10.1 Å². The van der Waals surface area contributed by atoms with Crippen LogP contribution in [0.2, 0.25) is 0 Å². The van der Waals surface area contributed by atoms with Crippen LogP contribution in [0.4, 0.5) is 5.69 Å². The highest BCUT2D eigenvalue weighted by molar-refractivity contribution is 7.89. The normalized spacial score (nSPS) is 12.8. The number of aryl methyl sites for hydroxylation is 3. The standard InChI is InChI=1S/C17H20N2O4S/c1-11-5-8-16(13(3)9-11)14(4)18-24(22,23)15-7-6-12(2)17(10-15)19(20)21/h5-10,14,18H,1-4H3/t14-/m0/s1. The first-order valence-electron chi connectivity index (χ1n) is 7.46. The molecule has 2 rings (SSSR count). The van der Waals surface area contributed by atoms with Crippen molar-refractivity contribution in [1.82, 2.24) is 4.72 Å². The summed E-state index contributed by atoms with van der Waals surface area (Å²) >= 11 is 0. The molecule has 0 aliphatic carbocycles. The molecule has 128 valence electrons. The minimum absolute atomic E-state index is 0.114. The van der Waals surface area contributed by atoms with Crippen LogP contribution in [0.5, 0.6) is 0 Å². The number of nitrogens with zero attached hydrogens (tertiary/aromatic N) is 1. The monoisotopic (exact) mass is 348 g/mol. The summed E-state index contributed by atoms with van der Waals surface area (Å²) in [5, 5.41) is 11.0. The third kappa shape index (κ3) is 3.80. The molecule has 0 saturated carbocycles. The molecular formula is C17H20N2O4S. The zero-order valence-corrected chi connectivity index (χ0v) is 14.8. The lowest BCUT2D eigenvalue weighted by Crippen LogP contribution is -2.27. The molecular weight excluding hydrogens is 328 g/mol. The number of sulfonamides is 1. The minimum Gasteiger partial charge on any atom is -0.258 e. The number of benzene rings is 2. The van der Waals surface area contributed by atoms with Crippen LogP contribution in [0.1, 0.15) is 35.2 Å². The molecule has 0 saturated heterocycles. The van der Waals surface area contributed by atoms with Crippen molar-refractivity contribution in [3.05, 3.63) is 68.8 Å². The Kier molecular flexibility index (Phi) is 5.05. The third-order valence-corrected chi connectivity index (χ3v) is 5.45. The molecule has 7 heteroatoms. The highest BCUT2D eigenvalue weighted by atomic mass is 32.2. The second kappa shape index (κ2) is 6.70. The van der Waals surface area contributed by atoms with Crippen LogP contribution >= 0.6 is 0 Å². The molecule has 0 bridgehead atoms. The summed E-state index contributed by atoms with van der Waals surface area (Å²) in [6.07, 6.45) is 0. The lowest BCUT2D eigenvalue weighted by atomic mass is 10.0. The molecule has 2 aromatic carbocycles. The van der Waals surface area contributed by atoms with Gasteiger partial charge in [-0.2, -0.15) is 0 Å². The molecule has 0 aliphatic rings. The van der Waals surface area contributed by atoms with E-state index in [0.29, 0.717) is 5.56 Å². The van der Waals surface area contributed by atoms with Gasteiger partial charge in [-0.15, -0.1) is 0 Å². The summed E-state index contributed by atoms with van der Waals surface area (Å²) in [5.74, 6) is 0. The predicted octanol–water partition coefficient (Wildman–Crippen LogP) is 3.56. The average molecular weight is 348 g/mol. The molecule has 0 unspecified atom stereocenters. The Balaban J connectivity index is 2.34. The van der Waals surface area contributed by atoms with E-state index in [0.717, 1.165) is 22.8 Å². The first kappa shape index (κ1) is 18.1. The van der Waals surface area contributed by atoms with Gasteiger partial charge in [0.05, 0.1) is 9.82 Å². The predicted molar refractivity (Wildman–Crippen MR) is 92.5 cm³/mol. The first-order valence-corrected chi connectivity index (χ1v) is 8.94. The maximum Gasteiger partial charge on any atom is 0.273 e. The quantitative estimate of drug-likeness (QED) is 0.661. The Hall–Kier alpha value is -2.25. The van der Waals surface area contributed by atoms with Gasteiger partial charge in [-0.05, 0) is 44.9 Å². The average Bonchev–Trinajstić information content (AvgIpc) is 2.46. The van der Waals surface area contributed by atoms with Gasteiger partial charge in [0.25, 0.3) is 5.69 Å². The summed E-state index contributed by atoms with van der Waals surface area (Å²) in [6, 6.07) is 9.24. The van der Waals surface area contributed by atoms with Gasteiger partial charge in [0.15, 0.2) is 0 Å². The molecule has 24 heavy (non-hydrogen) atoms.